The van der Waals surface area contributed by atoms with Gasteiger partial charge < -0.3 is 23.7 Å². The van der Waals surface area contributed by atoms with Crippen molar-refractivity contribution in [3.8, 4) is 23.0 Å². The summed E-state index contributed by atoms with van der Waals surface area (Å²) in [6, 6.07) is 14.9. The van der Waals surface area contributed by atoms with Crippen molar-refractivity contribution in [1.82, 2.24) is 0 Å². The van der Waals surface area contributed by atoms with Gasteiger partial charge in [0.1, 0.15) is 0 Å². The Morgan fingerprint density at radius 1 is 0.875 bits per heavy atom. The molecule has 11 nitrogen and oxygen atoms in total. The second-order valence-corrected chi connectivity index (χ2v) is 8.20. The Morgan fingerprint density at radius 3 is 2.15 bits per heavy atom. The Morgan fingerprint density at radius 2 is 1.50 bits per heavy atom. The molecule has 40 heavy (non-hydrogen) atoms. The minimum Gasteiger partial charge on any atom is -0.490 e. The fourth-order valence-corrected chi connectivity index (χ4v) is 3.72. The summed E-state index contributed by atoms with van der Waals surface area (Å²) >= 11 is 0. The third-order valence-electron chi connectivity index (χ3n) is 5.50. The van der Waals surface area contributed by atoms with Gasteiger partial charge in [-0.15, -0.1) is 0 Å². The summed E-state index contributed by atoms with van der Waals surface area (Å²) in [6.07, 6.45) is 1.53. The molecular weight excluding hydrogens is 520 g/mol. The minimum atomic E-state index is -0.711. The SMILES string of the molecule is CCOc1ccc(C2=N/C(=C\c3ccc(OC(=O)c4ccc([N+](=O)[O-])cc4)c(OCC)c3)C(=O)O2)cc1OCC. The molecule has 0 spiro atoms. The number of carbonyl (C=O) groups is 2. The lowest BCUT2D eigenvalue weighted by Crippen LogP contribution is -2.10. The van der Waals surface area contributed by atoms with E-state index in [-0.39, 0.29) is 41.0 Å². The molecule has 0 fully saturated rings. The molecule has 0 atom stereocenters. The van der Waals surface area contributed by atoms with Crippen LogP contribution in [0.25, 0.3) is 6.08 Å². The van der Waals surface area contributed by atoms with Crippen LogP contribution < -0.4 is 18.9 Å². The predicted molar refractivity (Wildman–Crippen MR) is 145 cm³/mol. The Balaban J connectivity index is 1.57. The van der Waals surface area contributed by atoms with Gasteiger partial charge in [0.25, 0.3) is 5.69 Å². The van der Waals surface area contributed by atoms with Crippen LogP contribution in [0.1, 0.15) is 42.3 Å². The second-order valence-electron chi connectivity index (χ2n) is 8.20. The average molecular weight is 547 g/mol. The highest BCUT2D eigenvalue weighted by Gasteiger charge is 2.25. The van der Waals surface area contributed by atoms with E-state index in [1.54, 1.807) is 37.3 Å². The van der Waals surface area contributed by atoms with Crippen molar-refractivity contribution >= 4 is 29.6 Å². The summed E-state index contributed by atoms with van der Waals surface area (Å²) in [5.74, 6) is 0.272. The lowest BCUT2D eigenvalue weighted by molar-refractivity contribution is -0.384. The molecule has 0 bridgehead atoms. The monoisotopic (exact) mass is 546 g/mol. The minimum absolute atomic E-state index is 0.0694. The summed E-state index contributed by atoms with van der Waals surface area (Å²) in [5, 5.41) is 10.8. The number of hydrogen-bond acceptors (Lipinski definition) is 10. The molecule has 0 saturated heterocycles. The van der Waals surface area contributed by atoms with Crippen molar-refractivity contribution < 1.29 is 38.2 Å². The smallest absolute Gasteiger partial charge is 0.363 e. The van der Waals surface area contributed by atoms with E-state index < -0.39 is 16.9 Å². The zero-order chi connectivity index (χ0) is 28.6. The second kappa shape index (κ2) is 12.6. The van der Waals surface area contributed by atoms with E-state index in [0.29, 0.717) is 35.8 Å². The van der Waals surface area contributed by atoms with Gasteiger partial charge in [0.2, 0.25) is 5.90 Å². The van der Waals surface area contributed by atoms with Crippen LogP contribution in [0.5, 0.6) is 23.0 Å². The predicted octanol–water partition coefficient (Wildman–Crippen LogP) is 5.35. The summed E-state index contributed by atoms with van der Waals surface area (Å²) in [5.41, 5.74) is 1.17. The van der Waals surface area contributed by atoms with E-state index in [1.807, 2.05) is 13.8 Å². The van der Waals surface area contributed by atoms with E-state index in [2.05, 4.69) is 4.99 Å². The molecule has 0 radical (unpaired) electrons. The normalized spacial score (nSPS) is 13.4. The molecule has 11 heteroatoms. The Labute approximate surface area is 229 Å². The summed E-state index contributed by atoms with van der Waals surface area (Å²) in [6.45, 7) is 6.69. The van der Waals surface area contributed by atoms with Gasteiger partial charge >= 0.3 is 11.9 Å². The number of carbonyl (C=O) groups excluding carboxylic acids is 2. The third kappa shape index (κ3) is 6.44. The average Bonchev–Trinajstić information content (AvgIpc) is 3.31. The van der Waals surface area contributed by atoms with Gasteiger partial charge in [-0.2, -0.15) is 0 Å². The van der Waals surface area contributed by atoms with Gasteiger partial charge in [0.05, 0.1) is 30.3 Å². The maximum absolute atomic E-state index is 12.6. The van der Waals surface area contributed by atoms with Crippen LogP contribution in [-0.2, 0) is 9.53 Å². The number of ether oxygens (including phenoxy) is 5. The number of rotatable bonds is 11. The number of hydrogen-bond donors (Lipinski definition) is 0. The molecule has 0 aliphatic carbocycles. The summed E-state index contributed by atoms with van der Waals surface area (Å²) in [4.78, 5) is 39.8. The molecule has 3 aromatic carbocycles. The van der Waals surface area contributed by atoms with Crippen LogP contribution in [0.3, 0.4) is 0 Å². The first-order valence-electron chi connectivity index (χ1n) is 12.5. The van der Waals surface area contributed by atoms with Crippen molar-refractivity contribution in [1.29, 1.82) is 0 Å². The Hall–Kier alpha value is -5.19. The van der Waals surface area contributed by atoms with Crippen molar-refractivity contribution in [2.24, 2.45) is 4.99 Å². The van der Waals surface area contributed by atoms with E-state index in [4.69, 9.17) is 23.7 Å². The fourth-order valence-electron chi connectivity index (χ4n) is 3.72. The number of esters is 2. The standard InChI is InChI=1S/C29H26N2O9/c1-4-36-23-14-10-20(17-26(23)38-6-3)27-30-22(29(33)40-27)15-18-7-13-24(25(16-18)37-5-2)39-28(32)19-8-11-21(12-9-19)31(34)35/h7-17H,4-6H2,1-3H3/b22-15-. The molecule has 0 unspecified atom stereocenters. The molecule has 4 rings (SSSR count). The number of aliphatic imine (C=N–C) groups is 1. The lowest BCUT2D eigenvalue weighted by Gasteiger charge is -2.11. The van der Waals surface area contributed by atoms with E-state index in [9.17, 15) is 19.7 Å². The van der Waals surface area contributed by atoms with Crippen LogP contribution in [0.4, 0.5) is 5.69 Å². The molecule has 1 aliphatic heterocycles. The van der Waals surface area contributed by atoms with Gasteiger partial charge in [-0.1, -0.05) is 6.07 Å². The molecule has 206 valence electrons. The van der Waals surface area contributed by atoms with Crippen LogP contribution in [-0.4, -0.2) is 42.6 Å². The highest BCUT2D eigenvalue weighted by molar-refractivity contribution is 6.13. The molecule has 0 aromatic heterocycles. The first-order chi connectivity index (χ1) is 19.3. The third-order valence-corrected chi connectivity index (χ3v) is 5.50. The van der Waals surface area contributed by atoms with E-state index in [1.165, 1.54) is 36.4 Å². The highest BCUT2D eigenvalue weighted by Crippen LogP contribution is 2.32. The molecule has 3 aromatic rings. The molecule has 1 heterocycles. The number of benzene rings is 3. The van der Waals surface area contributed by atoms with Crippen LogP contribution in [0, 0.1) is 10.1 Å². The number of nitro groups is 1. The molecule has 0 saturated carbocycles. The molecular formula is C29H26N2O9. The lowest BCUT2D eigenvalue weighted by atomic mass is 10.1. The number of non-ortho nitro benzene ring substituents is 1. The van der Waals surface area contributed by atoms with Crippen molar-refractivity contribution in [2.75, 3.05) is 19.8 Å². The summed E-state index contributed by atoms with van der Waals surface area (Å²) in [7, 11) is 0. The molecule has 1 aliphatic rings. The Bertz CT molecular complexity index is 1490. The van der Waals surface area contributed by atoms with Crippen LogP contribution in [0.15, 0.2) is 71.4 Å². The van der Waals surface area contributed by atoms with Crippen molar-refractivity contribution in [3.05, 3.63) is 93.2 Å². The van der Waals surface area contributed by atoms with Gasteiger partial charge in [0, 0.05) is 17.7 Å². The quantitative estimate of drug-likeness (QED) is 0.102. The number of nitrogens with zero attached hydrogens (tertiary/aromatic N) is 2. The Kier molecular flexibility index (Phi) is 8.75. The zero-order valence-corrected chi connectivity index (χ0v) is 22.0. The topological polar surface area (TPSA) is 136 Å². The van der Waals surface area contributed by atoms with Crippen LogP contribution in [0.2, 0.25) is 0 Å². The zero-order valence-electron chi connectivity index (χ0n) is 22.0. The van der Waals surface area contributed by atoms with Crippen molar-refractivity contribution in [2.45, 2.75) is 20.8 Å². The largest absolute Gasteiger partial charge is 0.490 e. The van der Waals surface area contributed by atoms with E-state index in [0.717, 1.165) is 0 Å². The molecule has 0 amide bonds. The first-order valence-corrected chi connectivity index (χ1v) is 12.5. The number of cyclic esters (lactones) is 1. The van der Waals surface area contributed by atoms with Crippen molar-refractivity contribution in [3.63, 3.8) is 0 Å². The van der Waals surface area contributed by atoms with Gasteiger partial charge in [-0.25, -0.2) is 14.6 Å². The van der Waals surface area contributed by atoms with Crippen LogP contribution >= 0.6 is 0 Å². The fraction of sp³-hybridized carbons (Fsp3) is 0.207. The van der Waals surface area contributed by atoms with E-state index >= 15 is 0 Å². The van der Waals surface area contributed by atoms with Gasteiger partial charge in [0.15, 0.2) is 28.7 Å². The van der Waals surface area contributed by atoms with Gasteiger partial charge in [-0.3, -0.25) is 10.1 Å². The maximum atomic E-state index is 12.6. The van der Waals surface area contributed by atoms with Gasteiger partial charge in [-0.05, 0) is 74.9 Å². The summed E-state index contributed by atoms with van der Waals surface area (Å²) < 4.78 is 27.7. The first kappa shape index (κ1) is 27.8. The number of nitro benzene ring substituents is 1. The molecule has 0 N–H and O–H groups in total. The highest BCUT2D eigenvalue weighted by atomic mass is 16.6. The maximum Gasteiger partial charge on any atom is 0.363 e.